The van der Waals surface area contributed by atoms with Crippen molar-refractivity contribution in [3.8, 4) is 0 Å². The molecule has 0 spiro atoms. The molecular formula is C9H10BrN3O. The highest BCUT2D eigenvalue weighted by Crippen LogP contribution is 2.16. The van der Waals surface area contributed by atoms with Crippen LogP contribution in [0.4, 0.5) is 5.82 Å². The Morgan fingerprint density at radius 3 is 2.86 bits per heavy atom. The van der Waals surface area contributed by atoms with Crippen LogP contribution in [0.3, 0.4) is 0 Å². The Bertz CT molecular complexity index is 447. The summed E-state index contributed by atoms with van der Waals surface area (Å²) in [5.41, 5.74) is 7.67. The van der Waals surface area contributed by atoms with E-state index in [1.54, 1.807) is 6.26 Å². The molecule has 2 aromatic rings. The molecule has 0 amide bonds. The number of furan rings is 1. The molecule has 2 rings (SSSR count). The van der Waals surface area contributed by atoms with Crippen molar-refractivity contribution in [1.82, 2.24) is 9.78 Å². The van der Waals surface area contributed by atoms with Gasteiger partial charge in [-0.3, -0.25) is 4.68 Å². The first kappa shape index (κ1) is 9.33. The van der Waals surface area contributed by atoms with Crippen molar-refractivity contribution in [1.29, 1.82) is 0 Å². The summed E-state index contributed by atoms with van der Waals surface area (Å²) in [6, 6.07) is 3.76. The minimum atomic E-state index is 0.546. The molecule has 0 bridgehead atoms. The summed E-state index contributed by atoms with van der Waals surface area (Å²) in [6.07, 6.45) is 1.70. The van der Waals surface area contributed by atoms with E-state index in [-0.39, 0.29) is 0 Å². The fourth-order valence-electron chi connectivity index (χ4n) is 1.30. The highest BCUT2D eigenvalue weighted by Gasteiger charge is 2.04. The molecule has 0 saturated carbocycles. The highest BCUT2D eigenvalue weighted by atomic mass is 79.9. The summed E-state index contributed by atoms with van der Waals surface area (Å²) in [6.45, 7) is 2.65. The molecule has 0 aliphatic carbocycles. The lowest BCUT2D eigenvalue weighted by Gasteiger charge is -2.00. The Morgan fingerprint density at radius 2 is 2.36 bits per heavy atom. The fraction of sp³-hybridized carbons (Fsp3) is 0.222. The number of nitrogens with zero attached hydrogens (tertiary/aromatic N) is 2. The number of hydrogen-bond donors (Lipinski definition) is 1. The maximum atomic E-state index is 5.57. The maximum Gasteiger partial charge on any atom is 0.169 e. The van der Waals surface area contributed by atoms with E-state index in [1.807, 2.05) is 23.7 Å². The molecule has 0 radical (unpaired) electrons. The van der Waals surface area contributed by atoms with Crippen molar-refractivity contribution < 1.29 is 4.42 Å². The molecule has 2 heterocycles. The minimum absolute atomic E-state index is 0.546. The summed E-state index contributed by atoms with van der Waals surface area (Å²) in [4.78, 5) is 0. The predicted molar refractivity (Wildman–Crippen MR) is 56.9 cm³/mol. The van der Waals surface area contributed by atoms with Crippen LogP contribution in [0, 0.1) is 6.92 Å². The number of halogens is 1. The lowest BCUT2D eigenvalue weighted by Crippen LogP contribution is -2.03. The van der Waals surface area contributed by atoms with Crippen LogP contribution < -0.4 is 5.73 Å². The van der Waals surface area contributed by atoms with E-state index in [2.05, 4.69) is 21.0 Å². The van der Waals surface area contributed by atoms with Gasteiger partial charge in [0.05, 0.1) is 12.8 Å². The number of aromatic nitrogens is 2. The molecule has 0 unspecified atom stereocenters. The number of aryl methyl sites for hydroxylation is 1. The Morgan fingerprint density at radius 1 is 1.57 bits per heavy atom. The second kappa shape index (κ2) is 3.49. The summed E-state index contributed by atoms with van der Waals surface area (Å²) in [5, 5.41) is 4.15. The van der Waals surface area contributed by atoms with Gasteiger partial charge in [0.2, 0.25) is 0 Å². The van der Waals surface area contributed by atoms with Gasteiger partial charge >= 0.3 is 0 Å². The zero-order valence-electron chi connectivity index (χ0n) is 7.70. The Hall–Kier alpha value is -1.23. The SMILES string of the molecule is Cc1cc(N)nn1Cc1coc(Br)c1. The van der Waals surface area contributed by atoms with Crippen molar-refractivity contribution in [2.45, 2.75) is 13.5 Å². The standard InChI is InChI=1S/C9H10BrN3O/c1-6-2-9(11)12-13(6)4-7-3-8(10)14-5-7/h2-3,5H,4H2,1H3,(H2,11,12). The maximum absolute atomic E-state index is 5.57. The van der Waals surface area contributed by atoms with E-state index in [0.29, 0.717) is 12.4 Å². The van der Waals surface area contributed by atoms with Crippen molar-refractivity contribution in [2.24, 2.45) is 0 Å². The van der Waals surface area contributed by atoms with E-state index < -0.39 is 0 Å². The summed E-state index contributed by atoms with van der Waals surface area (Å²) in [5.74, 6) is 0.546. The number of hydrogen-bond acceptors (Lipinski definition) is 3. The van der Waals surface area contributed by atoms with Gasteiger partial charge in [-0.1, -0.05) is 0 Å². The van der Waals surface area contributed by atoms with Gasteiger partial charge in [-0.25, -0.2) is 0 Å². The predicted octanol–water partition coefficient (Wildman–Crippen LogP) is 2.18. The third-order valence-electron chi connectivity index (χ3n) is 1.95. The van der Waals surface area contributed by atoms with Crippen LogP contribution >= 0.6 is 15.9 Å². The van der Waals surface area contributed by atoms with Crippen molar-refractivity contribution in [3.63, 3.8) is 0 Å². The van der Waals surface area contributed by atoms with E-state index in [0.717, 1.165) is 15.9 Å². The Kier molecular flexibility index (Phi) is 2.33. The van der Waals surface area contributed by atoms with Gasteiger partial charge in [0, 0.05) is 17.3 Å². The smallest absolute Gasteiger partial charge is 0.169 e. The van der Waals surface area contributed by atoms with Crippen molar-refractivity contribution >= 4 is 21.7 Å². The van der Waals surface area contributed by atoms with Gasteiger partial charge in [-0.15, -0.1) is 0 Å². The molecule has 0 atom stereocenters. The molecule has 0 aliphatic heterocycles. The number of anilines is 1. The number of nitrogens with two attached hydrogens (primary N) is 1. The van der Waals surface area contributed by atoms with Crippen LogP contribution in [-0.2, 0) is 6.54 Å². The second-order valence-electron chi connectivity index (χ2n) is 3.13. The monoisotopic (exact) mass is 255 g/mol. The van der Waals surface area contributed by atoms with Crippen LogP contribution in [0.2, 0.25) is 0 Å². The third kappa shape index (κ3) is 1.82. The Labute approximate surface area is 89.8 Å². The lowest BCUT2D eigenvalue weighted by molar-refractivity contribution is 0.535. The van der Waals surface area contributed by atoms with E-state index in [9.17, 15) is 0 Å². The quantitative estimate of drug-likeness (QED) is 0.895. The lowest BCUT2D eigenvalue weighted by atomic mass is 10.3. The first-order valence-electron chi connectivity index (χ1n) is 4.18. The van der Waals surface area contributed by atoms with Gasteiger partial charge < -0.3 is 10.2 Å². The van der Waals surface area contributed by atoms with Gasteiger partial charge in [-0.2, -0.15) is 5.10 Å². The van der Waals surface area contributed by atoms with E-state index in [4.69, 9.17) is 10.2 Å². The van der Waals surface area contributed by atoms with Crippen molar-refractivity contribution in [3.05, 3.63) is 34.3 Å². The number of nitrogen functional groups attached to an aromatic ring is 1. The molecule has 0 aliphatic rings. The van der Waals surface area contributed by atoms with Crippen molar-refractivity contribution in [2.75, 3.05) is 5.73 Å². The average molecular weight is 256 g/mol. The summed E-state index contributed by atoms with van der Waals surface area (Å²) in [7, 11) is 0. The first-order chi connectivity index (χ1) is 6.65. The minimum Gasteiger partial charge on any atom is -0.457 e. The molecule has 0 fully saturated rings. The highest BCUT2D eigenvalue weighted by molar-refractivity contribution is 9.10. The van der Waals surface area contributed by atoms with Crippen LogP contribution in [0.15, 0.2) is 27.5 Å². The molecule has 4 nitrogen and oxygen atoms in total. The average Bonchev–Trinajstić information content (AvgIpc) is 2.61. The van der Waals surface area contributed by atoms with Crippen LogP contribution in [-0.4, -0.2) is 9.78 Å². The largest absolute Gasteiger partial charge is 0.457 e. The topological polar surface area (TPSA) is 57.0 Å². The van der Waals surface area contributed by atoms with Gasteiger partial charge in [0.25, 0.3) is 0 Å². The van der Waals surface area contributed by atoms with Gasteiger partial charge in [-0.05, 0) is 28.9 Å². The Balaban J connectivity index is 2.22. The van der Waals surface area contributed by atoms with E-state index >= 15 is 0 Å². The van der Waals surface area contributed by atoms with Gasteiger partial charge in [0.15, 0.2) is 4.67 Å². The molecule has 2 aromatic heterocycles. The zero-order valence-corrected chi connectivity index (χ0v) is 9.28. The number of rotatable bonds is 2. The van der Waals surface area contributed by atoms with Crippen LogP contribution in [0.1, 0.15) is 11.3 Å². The first-order valence-corrected chi connectivity index (χ1v) is 4.97. The molecule has 0 aromatic carbocycles. The van der Waals surface area contributed by atoms with Crippen LogP contribution in [0.5, 0.6) is 0 Å². The summed E-state index contributed by atoms with van der Waals surface area (Å²) >= 11 is 3.25. The second-order valence-corrected chi connectivity index (χ2v) is 3.91. The molecule has 74 valence electrons. The normalized spacial score (nSPS) is 10.7. The molecule has 2 N–H and O–H groups in total. The summed E-state index contributed by atoms with van der Waals surface area (Å²) < 4.78 is 7.69. The molecule has 14 heavy (non-hydrogen) atoms. The van der Waals surface area contributed by atoms with E-state index in [1.165, 1.54) is 0 Å². The van der Waals surface area contributed by atoms with Gasteiger partial charge in [0.1, 0.15) is 5.82 Å². The zero-order chi connectivity index (χ0) is 10.1. The van der Waals surface area contributed by atoms with Crippen LogP contribution in [0.25, 0.3) is 0 Å². The fourth-order valence-corrected chi connectivity index (χ4v) is 1.68. The third-order valence-corrected chi connectivity index (χ3v) is 2.37. The molecule has 5 heteroatoms. The molecular weight excluding hydrogens is 246 g/mol. The molecule has 0 saturated heterocycles.